The van der Waals surface area contributed by atoms with Crippen molar-refractivity contribution in [2.75, 3.05) is 0 Å². The van der Waals surface area contributed by atoms with Crippen molar-refractivity contribution in [2.24, 2.45) is 0 Å². The number of aliphatic hydroxyl groups is 1. The van der Waals surface area contributed by atoms with Crippen LogP contribution in [0.5, 0.6) is 0 Å². The second kappa shape index (κ2) is 6.04. The molecule has 0 fully saturated rings. The van der Waals surface area contributed by atoms with Gasteiger partial charge in [0.25, 0.3) is 0 Å². The fourth-order valence-corrected chi connectivity index (χ4v) is 2.06. The normalized spacial score (nSPS) is 14.2. The number of nitrogens with one attached hydrogen (secondary N) is 1. The molecule has 1 aromatic heterocycles. The van der Waals surface area contributed by atoms with E-state index in [2.05, 4.69) is 20.6 Å². The molecule has 2 N–H and O–H groups in total. The number of unbranched alkanes of at least 4 members (excludes halogenated alkanes) is 2. The summed E-state index contributed by atoms with van der Waals surface area (Å²) in [7, 11) is 0. The zero-order valence-corrected chi connectivity index (χ0v) is 11.1. The van der Waals surface area contributed by atoms with E-state index in [0.717, 1.165) is 25.0 Å². The minimum atomic E-state index is -2.54. The lowest BCUT2D eigenvalue weighted by atomic mass is 9.95. The predicted octanol–water partition coefficient (Wildman–Crippen LogP) is 2.70. The molecule has 20 heavy (non-hydrogen) atoms. The molecule has 1 atom stereocenters. The van der Waals surface area contributed by atoms with E-state index in [-0.39, 0.29) is 23.4 Å². The molecule has 0 spiro atoms. The van der Waals surface area contributed by atoms with Crippen LogP contribution >= 0.6 is 0 Å². The second-order valence-electron chi connectivity index (χ2n) is 4.66. The molecule has 0 saturated carbocycles. The monoisotopic (exact) mass is 282 g/mol. The Morgan fingerprint density at radius 1 is 1.35 bits per heavy atom. The molecule has 0 amide bonds. The van der Waals surface area contributed by atoms with Crippen LogP contribution in [0.15, 0.2) is 18.2 Å². The van der Waals surface area contributed by atoms with Crippen LogP contribution < -0.4 is 0 Å². The Balaban J connectivity index is 2.35. The Bertz CT molecular complexity index is 558. The molecule has 5 nitrogen and oxygen atoms in total. The molecule has 1 unspecified atom stereocenters. The molecule has 7 heteroatoms. The van der Waals surface area contributed by atoms with Crippen LogP contribution in [0.4, 0.5) is 8.78 Å². The van der Waals surface area contributed by atoms with Crippen LogP contribution in [-0.4, -0.2) is 25.7 Å². The van der Waals surface area contributed by atoms with Gasteiger partial charge in [0.1, 0.15) is 5.82 Å². The average Bonchev–Trinajstić information content (AvgIpc) is 2.92. The van der Waals surface area contributed by atoms with Gasteiger partial charge in [0.05, 0.1) is 0 Å². The minimum Gasteiger partial charge on any atom is -0.358 e. The maximum Gasteiger partial charge on any atom is 0.233 e. The Kier molecular flexibility index (Phi) is 4.39. The van der Waals surface area contributed by atoms with Crippen molar-refractivity contribution in [3.8, 4) is 11.4 Å². The molecule has 1 aromatic carbocycles. The number of alkyl halides is 1. The van der Waals surface area contributed by atoms with Gasteiger partial charge in [-0.25, -0.2) is 13.9 Å². The molecule has 0 saturated heterocycles. The summed E-state index contributed by atoms with van der Waals surface area (Å²) < 4.78 is 27.8. The number of benzene rings is 1. The lowest BCUT2D eigenvalue weighted by molar-refractivity contribution is -0.103. The summed E-state index contributed by atoms with van der Waals surface area (Å²) >= 11 is 0. The molecule has 2 rings (SSSR count). The first kappa shape index (κ1) is 14.5. The molecule has 0 aliphatic rings. The van der Waals surface area contributed by atoms with E-state index in [0.29, 0.717) is 6.42 Å². The van der Waals surface area contributed by atoms with E-state index in [1.165, 1.54) is 6.07 Å². The predicted molar refractivity (Wildman–Crippen MR) is 68.7 cm³/mol. The number of aromatic amines is 1. The van der Waals surface area contributed by atoms with E-state index in [1.54, 1.807) is 0 Å². The van der Waals surface area contributed by atoms with Gasteiger partial charge in [-0.1, -0.05) is 19.8 Å². The van der Waals surface area contributed by atoms with Crippen molar-refractivity contribution < 1.29 is 13.9 Å². The summed E-state index contributed by atoms with van der Waals surface area (Å²) in [6.07, 6.45) is 2.21. The third-order valence-corrected chi connectivity index (χ3v) is 3.11. The number of H-pyrrole nitrogens is 1. The van der Waals surface area contributed by atoms with Gasteiger partial charge in [0, 0.05) is 17.5 Å². The summed E-state index contributed by atoms with van der Waals surface area (Å²) in [4.78, 5) is 0. The topological polar surface area (TPSA) is 74.7 Å². The summed E-state index contributed by atoms with van der Waals surface area (Å²) in [5.74, 6) is -2.97. The van der Waals surface area contributed by atoms with Gasteiger partial charge in [-0.15, -0.1) is 5.10 Å². The SMILES string of the molecule is CCCCCC(O)(F)c1ccc(F)cc1-c1nnn[nH]1. The average molecular weight is 282 g/mol. The molecule has 1 heterocycles. The van der Waals surface area contributed by atoms with Gasteiger partial charge in [-0.2, -0.15) is 0 Å². The fourth-order valence-electron chi connectivity index (χ4n) is 2.06. The van der Waals surface area contributed by atoms with Gasteiger partial charge in [-0.05, 0) is 35.0 Å². The van der Waals surface area contributed by atoms with Gasteiger partial charge in [0.15, 0.2) is 5.82 Å². The highest BCUT2D eigenvalue weighted by Gasteiger charge is 2.32. The van der Waals surface area contributed by atoms with E-state index >= 15 is 0 Å². The molecular weight excluding hydrogens is 266 g/mol. The number of hydrogen-bond acceptors (Lipinski definition) is 4. The summed E-state index contributed by atoms with van der Waals surface area (Å²) in [6.45, 7) is 1.99. The van der Waals surface area contributed by atoms with Crippen molar-refractivity contribution in [1.82, 2.24) is 20.6 Å². The molecule has 2 aromatic rings. The lowest BCUT2D eigenvalue weighted by Gasteiger charge is -2.21. The Labute approximate surface area is 115 Å². The standard InChI is InChI=1S/C13H16F2N4O/c1-2-3-4-7-13(15,20)11-6-5-9(14)8-10(11)12-16-18-19-17-12/h5-6,8,20H,2-4,7H2,1H3,(H,16,17,18,19). The Hall–Kier alpha value is -1.89. The first-order chi connectivity index (χ1) is 9.54. The third kappa shape index (κ3) is 3.16. The molecule has 0 aliphatic heterocycles. The zero-order chi connectivity index (χ0) is 14.6. The van der Waals surface area contributed by atoms with E-state index < -0.39 is 11.7 Å². The first-order valence-corrected chi connectivity index (χ1v) is 6.50. The fraction of sp³-hybridized carbons (Fsp3) is 0.462. The van der Waals surface area contributed by atoms with Crippen LogP contribution in [0, 0.1) is 5.82 Å². The van der Waals surface area contributed by atoms with Crippen LogP contribution in [0.1, 0.15) is 38.2 Å². The van der Waals surface area contributed by atoms with Crippen molar-refractivity contribution in [1.29, 1.82) is 0 Å². The van der Waals surface area contributed by atoms with E-state index in [1.807, 2.05) is 6.92 Å². The van der Waals surface area contributed by atoms with Gasteiger partial charge >= 0.3 is 0 Å². The number of hydrogen-bond donors (Lipinski definition) is 2. The van der Waals surface area contributed by atoms with Gasteiger partial charge < -0.3 is 5.11 Å². The highest BCUT2D eigenvalue weighted by atomic mass is 19.2. The summed E-state index contributed by atoms with van der Waals surface area (Å²) in [5.41, 5.74) is 0.0880. The highest BCUT2D eigenvalue weighted by molar-refractivity contribution is 5.60. The lowest BCUT2D eigenvalue weighted by Crippen LogP contribution is -2.20. The quantitative estimate of drug-likeness (QED) is 0.799. The second-order valence-corrected chi connectivity index (χ2v) is 4.66. The summed E-state index contributed by atoms with van der Waals surface area (Å²) in [5, 5.41) is 22.9. The number of aromatic nitrogens is 4. The maximum atomic E-state index is 14.5. The maximum absolute atomic E-state index is 14.5. The first-order valence-electron chi connectivity index (χ1n) is 6.50. The minimum absolute atomic E-state index is 0.0337. The van der Waals surface area contributed by atoms with E-state index in [9.17, 15) is 13.9 Å². The molecule has 0 bridgehead atoms. The Morgan fingerprint density at radius 3 is 2.80 bits per heavy atom. The van der Waals surface area contributed by atoms with Gasteiger partial charge in [-0.3, -0.25) is 0 Å². The Morgan fingerprint density at radius 2 is 2.15 bits per heavy atom. The number of halogens is 2. The molecule has 0 radical (unpaired) electrons. The van der Waals surface area contributed by atoms with Crippen LogP contribution in [0.3, 0.4) is 0 Å². The third-order valence-electron chi connectivity index (χ3n) is 3.11. The molecule has 0 aliphatic carbocycles. The largest absolute Gasteiger partial charge is 0.358 e. The summed E-state index contributed by atoms with van der Waals surface area (Å²) in [6, 6.07) is 3.42. The van der Waals surface area contributed by atoms with E-state index in [4.69, 9.17) is 0 Å². The molecule has 108 valence electrons. The zero-order valence-electron chi connectivity index (χ0n) is 11.1. The van der Waals surface area contributed by atoms with Crippen molar-refractivity contribution in [3.05, 3.63) is 29.6 Å². The van der Waals surface area contributed by atoms with Crippen molar-refractivity contribution >= 4 is 0 Å². The van der Waals surface area contributed by atoms with Crippen LogP contribution in [-0.2, 0) is 5.85 Å². The number of rotatable bonds is 6. The number of nitrogens with zero attached hydrogens (tertiary/aromatic N) is 3. The smallest absolute Gasteiger partial charge is 0.233 e. The van der Waals surface area contributed by atoms with Gasteiger partial charge in [0.2, 0.25) is 5.85 Å². The van der Waals surface area contributed by atoms with Crippen molar-refractivity contribution in [3.63, 3.8) is 0 Å². The van der Waals surface area contributed by atoms with Crippen LogP contribution in [0.2, 0.25) is 0 Å². The van der Waals surface area contributed by atoms with Crippen molar-refractivity contribution in [2.45, 2.75) is 38.5 Å². The molecular formula is C13H16F2N4O. The highest BCUT2D eigenvalue weighted by Crippen LogP contribution is 2.35. The van der Waals surface area contributed by atoms with Crippen LogP contribution in [0.25, 0.3) is 11.4 Å². The number of tetrazole rings is 1.